The molecule has 98 valence electrons. The summed E-state index contributed by atoms with van der Waals surface area (Å²) in [4.78, 5) is 25.5. The quantitative estimate of drug-likeness (QED) is 0.808. The molecule has 1 heterocycles. The molecule has 9 heteroatoms. The lowest BCUT2D eigenvalue weighted by Crippen LogP contribution is -2.21. The summed E-state index contributed by atoms with van der Waals surface area (Å²) in [6, 6.07) is 1.26. The van der Waals surface area contributed by atoms with Gasteiger partial charge in [0.05, 0.1) is 17.6 Å². The molecule has 1 aromatic heterocycles. The summed E-state index contributed by atoms with van der Waals surface area (Å²) < 4.78 is 24.8. The van der Waals surface area contributed by atoms with Crippen molar-refractivity contribution in [3.63, 3.8) is 0 Å². The van der Waals surface area contributed by atoms with Crippen LogP contribution < -0.4 is 10.0 Å². The topological polar surface area (TPSA) is 105 Å². The Labute approximate surface area is 109 Å². The molecule has 1 amide bonds. The molecule has 1 rings (SSSR count). The Morgan fingerprint density at radius 2 is 1.89 bits per heavy atom. The smallest absolute Gasteiger partial charge is 0.295 e. The normalized spacial score (nSPS) is 10.8. The van der Waals surface area contributed by atoms with Gasteiger partial charge in [-0.2, -0.15) is 8.42 Å². The Morgan fingerprint density at radius 1 is 1.28 bits per heavy atom. The number of hydrogen-bond acceptors (Lipinski definition) is 5. The van der Waals surface area contributed by atoms with Gasteiger partial charge in [-0.05, 0) is 0 Å². The number of carbonyl (C=O) groups is 2. The summed E-state index contributed by atoms with van der Waals surface area (Å²) in [6.07, 6.45) is 1.11. The predicted molar refractivity (Wildman–Crippen MR) is 66.8 cm³/mol. The van der Waals surface area contributed by atoms with Crippen molar-refractivity contribution in [2.75, 3.05) is 10.0 Å². The average Bonchev–Trinajstić information content (AvgIpc) is 2.21. The third-order valence-corrected chi connectivity index (χ3v) is 3.26. The van der Waals surface area contributed by atoms with E-state index < -0.39 is 21.0 Å². The number of nitrogens with zero attached hydrogens (tertiary/aromatic N) is 1. The highest BCUT2D eigenvalue weighted by atomic mass is 35.5. The van der Waals surface area contributed by atoms with Crippen LogP contribution in [-0.2, 0) is 19.6 Å². The van der Waals surface area contributed by atoms with Crippen LogP contribution in [0, 0.1) is 0 Å². The molecule has 18 heavy (non-hydrogen) atoms. The largest absolute Gasteiger partial charge is 0.324 e. The fourth-order valence-electron chi connectivity index (χ4n) is 1.02. The minimum atomic E-state index is -4.15. The molecule has 0 spiro atoms. The number of sulfonamides is 1. The van der Waals surface area contributed by atoms with Crippen molar-refractivity contribution < 1.29 is 18.0 Å². The molecule has 0 fully saturated rings. The Bertz CT molecular complexity index is 600. The molecule has 0 unspecified atom stereocenters. The number of pyridine rings is 1. The van der Waals surface area contributed by atoms with Gasteiger partial charge in [0, 0.05) is 19.9 Å². The molecule has 0 aliphatic rings. The van der Waals surface area contributed by atoms with Gasteiger partial charge in [0.1, 0.15) is 5.15 Å². The van der Waals surface area contributed by atoms with Gasteiger partial charge in [0.2, 0.25) is 5.91 Å². The lowest BCUT2D eigenvalue weighted by atomic mass is 10.3. The van der Waals surface area contributed by atoms with Gasteiger partial charge in [-0.25, -0.2) is 4.98 Å². The lowest BCUT2D eigenvalue weighted by Gasteiger charge is -2.11. The standard InChI is InChI=1S/C9H10ClN3O4S/c1-5(14)12-7-3-9(10)11-4-8(7)13-18(16,17)6(2)15/h3-4,13H,1-2H3,(H,11,12,14). The number of carbonyl (C=O) groups excluding carboxylic acids is 2. The Hall–Kier alpha value is -1.67. The number of rotatable bonds is 3. The van der Waals surface area contributed by atoms with Crippen LogP contribution in [0.3, 0.4) is 0 Å². The fourth-order valence-corrected chi connectivity index (χ4v) is 1.77. The van der Waals surface area contributed by atoms with Gasteiger partial charge in [-0.15, -0.1) is 0 Å². The van der Waals surface area contributed by atoms with Crippen LogP contribution in [0.5, 0.6) is 0 Å². The summed E-state index contributed by atoms with van der Waals surface area (Å²) in [5.74, 6) is -0.416. The maximum atomic E-state index is 11.4. The minimum Gasteiger partial charge on any atom is -0.324 e. The van der Waals surface area contributed by atoms with Gasteiger partial charge in [0.25, 0.3) is 15.1 Å². The lowest BCUT2D eigenvalue weighted by molar-refractivity contribution is -0.114. The monoisotopic (exact) mass is 291 g/mol. The van der Waals surface area contributed by atoms with E-state index in [0.29, 0.717) is 0 Å². The third-order valence-electron chi connectivity index (χ3n) is 1.80. The number of aromatic nitrogens is 1. The summed E-state index contributed by atoms with van der Waals surface area (Å²) in [5.41, 5.74) is 0.0807. The highest BCUT2D eigenvalue weighted by Gasteiger charge is 2.19. The van der Waals surface area contributed by atoms with E-state index >= 15 is 0 Å². The van der Waals surface area contributed by atoms with Crippen molar-refractivity contribution in [1.29, 1.82) is 0 Å². The summed E-state index contributed by atoms with van der Waals surface area (Å²) in [5, 5.41) is 1.40. The van der Waals surface area contributed by atoms with Crippen LogP contribution in [0.2, 0.25) is 5.15 Å². The highest BCUT2D eigenvalue weighted by Crippen LogP contribution is 2.24. The van der Waals surface area contributed by atoms with Gasteiger partial charge < -0.3 is 5.32 Å². The first-order valence-electron chi connectivity index (χ1n) is 4.69. The Kier molecular flexibility index (Phi) is 4.25. The number of amides is 1. The predicted octanol–water partition coefficient (Wildman–Crippen LogP) is 0.982. The van der Waals surface area contributed by atoms with Gasteiger partial charge in [-0.1, -0.05) is 11.6 Å². The van der Waals surface area contributed by atoms with Gasteiger partial charge in [0.15, 0.2) is 0 Å². The zero-order valence-electron chi connectivity index (χ0n) is 9.52. The van der Waals surface area contributed by atoms with Crippen molar-refractivity contribution >= 4 is 44.0 Å². The van der Waals surface area contributed by atoms with Crippen molar-refractivity contribution in [3.05, 3.63) is 17.4 Å². The zero-order chi connectivity index (χ0) is 13.9. The number of halogens is 1. The van der Waals surface area contributed by atoms with E-state index in [9.17, 15) is 18.0 Å². The number of nitrogens with one attached hydrogen (secondary N) is 2. The molecule has 0 saturated heterocycles. The van der Waals surface area contributed by atoms with E-state index in [2.05, 4.69) is 10.3 Å². The maximum absolute atomic E-state index is 11.4. The van der Waals surface area contributed by atoms with Crippen LogP contribution >= 0.6 is 11.6 Å². The summed E-state index contributed by atoms with van der Waals surface area (Å²) in [7, 11) is -4.15. The Balaban J connectivity index is 3.16. The van der Waals surface area contributed by atoms with Crippen molar-refractivity contribution in [3.8, 4) is 0 Å². The molecular formula is C9H10ClN3O4S. The van der Waals surface area contributed by atoms with E-state index in [0.717, 1.165) is 13.1 Å². The van der Waals surface area contributed by atoms with Crippen LogP contribution in [0.15, 0.2) is 12.3 Å². The second-order valence-electron chi connectivity index (χ2n) is 3.33. The van der Waals surface area contributed by atoms with E-state index in [1.807, 2.05) is 4.72 Å². The molecule has 0 bridgehead atoms. The van der Waals surface area contributed by atoms with Crippen LogP contribution in [0.1, 0.15) is 13.8 Å². The molecule has 0 atom stereocenters. The maximum Gasteiger partial charge on any atom is 0.295 e. The van der Waals surface area contributed by atoms with Crippen LogP contribution in [0.4, 0.5) is 11.4 Å². The van der Waals surface area contributed by atoms with E-state index in [1.165, 1.54) is 13.0 Å². The zero-order valence-corrected chi connectivity index (χ0v) is 11.1. The number of anilines is 2. The van der Waals surface area contributed by atoms with Crippen molar-refractivity contribution in [2.24, 2.45) is 0 Å². The molecular weight excluding hydrogens is 282 g/mol. The summed E-state index contributed by atoms with van der Waals surface area (Å²) >= 11 is 5.63. The van der Waals surface area contributed by atoms with Crippen molar-refractivity contribution in [2.45, 2.75) is 13.8 Å². The second-order valence-corrected chi connectivity index (χ2v) is 5.50. The molecule has 1 aromatic rings. The first kappa shape index (κ1) is 14.4. The first-order chi connectivity index (χ1) is 8.22. The van der Waals surface area contributed by atoms with Gasteiger partial charge in [-0.3, -0.25) is 14.3 Å². The average molecular weight is 292 g/mol. The van der Waals surface area contributed by atoms with Crippen LogP contribution in [-0.4, -0.2) is 24.4 Å². The molecule has 0 aliphatic heterocycles. The molecule has 0 radical (unpaired) electrons. The van der Waals surface area contributed by atoms with Crippen LogP contribution in [0.25, 0.3) is 0 Å². The molecule has 0 saturated carbocycles. The first-order valence-corrected chi connectivity index (χ1v) is 6.55. The molecule has 7 nitrogen and oxygen atoms in total. The van der Waals surface area contributed by atoms with E-state index in [4.69, 9.17) is 11.6 Å². The van der Waals surface area contributed by atoms with Gasteiger partial charge >= 0.3 is 0 Å². The second kappa shape index (κ2) is 5.32. The minimum absolute atomic E-state index is 0.0372. The summed E-state index contributed by atoms with van der Waals surface area (Å²) in [6.45, 7) is 2.15. The number of hydrogen-bond donors (Lipinski definition) is 2. The Morgan fingerprint density at radius 3 is 2.39 bits per heavy atom. The molecule has 0 aliphatic carbocycles. The fraction of sp³-hybridized carbons (Fsp3) is 0.222. The highest BCUT2D eigenvalue weighted by molar-refractivity contribution is 8.07. The third kappa shape index (κ3) is 3.67. The molecule has 0 aromatic carbocycles. The molecule has 2 N–H and O–H groups in total. The van der Waals surface area contributed by atoms with E-state index in [1.54, 1.807) is 0 Å². The van der Waals surface area contributed by atoms with E-state index in [-0.39, 0.29) is 16.5 Å². The SMILES string of the molecule is CC(=O)Nc1cc(Cl)ncc1NS(=O)(=O)C(C)=O. The van der Waals surface area contributed by atoms with Crippen molar-refractivity contribution in [1.82, 2.24) is 4.98 Å².